The van der Waals surface area contributed by atoms with Crippen molar-refractivity contribution < 1.29 is 15.0 Å². The van der Waals surface area contributed by atoms with E-state index in [1.54, 1.807) is 0 Å². The van der Waals surface area contributed by atoms with Crippen molar-refractivity contribution in [3.8, 4) is 0 Å². The van der Waals surface area contributed by atoms with Gasteiger partial charge in [0.05, 0.1) is 0 Å². The van der Waals surface area contributed by atoms with Crippen LogP contribution < -0.4 is 0 Å². The lowest BCUT2D eigenvalue weighted by molar-refractivity contribution is -0.157. The third-order valence-corrected chi connectivity index (χ3v) is 1.64. The number of hydrogen-bond acceptors (Lipinski definition) is 3. The summed E-state index contributed by atoms with van der Waals surface area (Å²) in [5, 5.41) is 16.9. The number of aliphatic hydroxyl groups is 2. The molecule has 1 rings (SSSR count). The number of rotatable bonds is 1. The van der Waals surface area contributed by atoms with Crippen LogP contribution >= 0.6 is 0 Å². The van der Waals surface area contributed by atoms with Crippen molar-refractivity contribution in [1.29, 1.82) is 0 Å². The van der Waals surface area contributed by atoms with E-state index in [-0.39, 0.29) is 0 Å². The first-order chi connectivity index (χ1) is 4.72. The molecule has 0 aromatic carbocycles. The SMILES string of the molecule is O=C(C(O)O)N1CCCC1. The van der Waals surface area contributed by atoms with E-state index in [2.05, 4.69) is 0 Å². The van der Waals surface area contributed by atoms with Crippen LogP contribution in [0.3, 0.4) is 0 Å². The maximum Gasteiger partial charge on any atom is 0.279 e. The van der Waals surface area contributed by atoms with Gasteiger partial charge in [-0.3, -0.25) is 4.79 Å². The van der Waals surface area contributed by atoms with Crippen molar-refractivity contribution in [3.63, 3.8) is 0 Å². The van der Waals surface area contributed by atoms with E-state index < -0.39 is 12.2 Å². The second kappa shape index (κ2) is 2.98. The van der Waals surface area contributed by atoms with Crippen LogP contribution in [0.2, 0.25) is 0 Å². The van der Waals surface area contributed by atoms with Crippen LogP contribution in [0.5, 0.6) is 0 Å². The van der Waals surface area contributed by atoms with Crippen LogP contribution in [0.4, 0.5) is 0 Å². The number of likely N-dealkylation sites (tertiary alicyclic amines) is 1. The number of hydrogen-bond donors (Lipinski definition) is 2. The molecule has 1 heterocycles. The molecule has 10 heavy (non-hydrogen) atoms. The van der Waals surface area contributed by atoms with E-state index in [1.807, 2.05) is 0 Å². The van der Waals surface area contributed by atoms with Gasteiger partial charge in [-0.25, -0.2) is 0 Å². The zero-order valence-electron chi connectivity index (χ0n) is 5.66. The third-order valence-electron chi connectivity index (χ3n) is 1.64. The minimum Gasteiger partial charge on any atom is -0.361 e. The molecule has 0 atom stereocenters. The van der Waals surface area contributed by atoms with Crippen LogP contribution in [-0.4, -0.2) is 40.4 Å². The van der Waals surface area contributed by atoms with Crippen LogP contribution in [-0.2, 0) is 4.79 Å². The highest BCUT2D eigenvalue weighted by Gasteiger charge is 2.22. The largest absolute Gasteiger partial charge is 0.361 e. The van der Waals surface area contributed by atoms with Crippen molar-refractivity contribution in [2.75, 3.05) is 13.1 Å². The van der Waals surface area contributed by atoms with E-state index in [1.165, 1.54) is 4.90 Å². The van der Waals surface area contributed by atoms with Gasteiger partial charge in [0.1, 0.15) is 0 Å². The average molecular weight is 145 g/mol. The highest BCUT2D eigenvalue weighted by molar-refractivity contribution is 5.79. The first kappa shape index (κ1) is 7.50. The second-order valence-electron chi connectivity index (χ2n) is 2.41. The quantitative estimate of drug-likeness (QED) is 0.461. The van der Waals surface area contributed by atoms with Crippen LogP contribution in [0, 0.1) is 0 Å². The predicted octanol–water partition coefficient (Wildman–Crippen LogP) is -1.08. The second-order valence-corrected chi connectivity index (χ2v) is 2.41. The minimum atomic E-state index is -1.82. The summed E-state index contributed by atoms with van der Waals surface area (Å²) in [5.41, 5.74) is 0. The molecule has 1 aliphatic rings. The van der Waals surface area contributed by atoms with Crippen molar-refractivity contribution in [3.05, 3.63) is 0 Å². The predicted molar refractivity (Wildman–Crippen MR) is 34.0 cm³/mol. The third kappa shape index (κ3) is 1.46. The Labute approximate surface area is 59.1 Å². The number of carbonyl (C=O) groups is 1. The summed E-state index contributed by atoms with van der Waals surface area (Å²) in [6, 6.07) is 0. The smallest absolute Gasteiger partial charge is 0.279 e. The van der Waals surface area contributed by atoms with Gasteiger partial charge in [0.15, 0.2) is 0 Å². The molecule has 1 amide bonds. The first-order valence-electron chi connectivity index (χ1n) is 3.37. The van der Waals surface area contributed by atoms with Crippen molar-refractivity contribution >= 4 is 5.91 Å². The average Bonchev–Trinajstić information content (AvgIpc) is 2.36. The molecule has 4 nitrogen and oxygen atoms in total. The molecule has 58 valence electrons. The highest BCUT2D eigenvalue weighted by Crippen LogP contribution is 2.07. The molecule has 0 unspecified atom stereocenters. The topological polar surface area (TPSA) is 60.8 Å². The van der Waals surface area contributed by atoms with Gasteiger partial charge >= 0.3 is 0 Å². The van der Waals surface area contributed by atoms with Crippen LogP contribution in [0.25, 0.3) is 0 Å². The molecule has 1 saturated heterocycles. The van der Waals surface area contributed by atoms with Gasteiger partial charge in [-0.05, 0) is 12.8 Å². The van der Waals surface area contributed by atoms with E-state index in [0.29, 0.717) is 13.1 Å². The molecular formula is C6H11NO3. The van der Waals surface area contributed by atoms with Gasteiger partial charge in [-0.2, -0.15) is 0 Å². The summed E-state index contributed by atoms with van der Waals surface area (Å²) in [6.07, 6.45) is 0.120. The Hall–Kier alpha value is -0.610. The molecule has 0 radical (unpaired) electrons. The van der Waals surface area contributed by atoms with Gasteiger partial charge in [0.2, 0.25) is 6.29 Å². The Morgan fingerprint density at radius 3 is 2.20 bits per heavy atom. The Morgan fingerprint density at radius 2 is 1.80 bits per heavy atom. The van der Waals surface area contributed by atoms with E-state index in [0.717, 1.165) is 12.8 Å². The molecule has 1 fully saturated rings. The molecule has 0 bridgehead atoms. The lowest BCUT2D eigenvalue weighted by Crippen LogP contribution is -2.36. The van der Waals surface area contributed by atoms with Gasteiger partial charge in [-0.15, -0.1) is 0 Å². The fraction of sp³-hybridized carbons (Fsp3) is 0.833. The van der Waals surface area contributed by atoms with E-state index >= 15 is 0 Å². The van der Waals surface area contributed by atoms with Gasteiger partial charge in [0.25, 0.3) is 5.91 Å². The maximum absolute atomic E-state index is 10.8. The zero-order valence-corrected chi connectivity index (χ0v) is 5.66. The Morgan fingerprint density at radius 1 is 1.30 bits per heavy atom. The Balaban J connectivity index is 2.40. The standard InChI is InChI=1S/C6H11NO3/c8-5(6(9)10)7-3-1-2-4-7/h6,9-10H,1-4H2. The minimum absolute atomic E-state index is 0.572. The molecule has 0 saturated carbocycles. The lowest BCUT2D eigenvalue weighted by atomic mass is 10.4. The molecule has 1 aliphatic heterocycles. The maximum atomic E-state index is 10.8. The number of aliphatic hydroxyl groups excluding tert-OH is 1. The summed E-state index contributed by atoms with van der Waals surface area (Å²) >= 11 is 0. The molecular weight excluding hydrogens is 134 g/mol. The van der Waals surface area contributed by atoms with Crippen molar-refractivity contribution in [2.24, 2.45) is 0 Å². The fourth-order valence-corrected chi connectivity index (χ4v) is 1.10. The van der Waals surface area contributed by atoms with Gasteiger partial charge in [-0.1, -0.05) is 0 Å². The van der Waals surface area contributed by atoms with Gasteiger partial charge < -0.3 is 15.1 Å². The molecule has 0 spiro atoms. The molecule has 2 N–H and O–H groups in total. The van der Waals surface area contributed by atoms with Crippen molar-refractivity contribution in [2.45, 2.75) is 19.1 Å². The number of nitrogens with zero attached hydrogens (tertiary/aromatic N) is 1. The Kier molecular flexibility index (Phi) is 2.24. The van der Waals surface area contributed by atoms with Gasteiger partial charge in [0, 0.05) is 13.1 Å². The number of carbonyl (C=O) groups excluding carboxylic acids is 1. The summed E-state index contributed by atoms with van der Waals surface area (Å²) in [6.45, 7) is 1.33. The van der Waals surface area contributed by atoms with Crippen LogP contribution in [0.1, 0.15) is 12.8 Å². The molecule has 4 heteroatoms. The molecule has 0 aromatic heterocycles. The van der Waals surface area contributed by atoms with Crippen LogP contribution in [0.15, 0.2) is 0 Å². The van der Waals surface area contributed by atoms with E-state index in [4.69, 9.17) is 10.2 Å². The van der Waals surface area contributed by atoms with E-state index in [9.17, 15) is 4.79 Å². The highest BCUT2D eigenvalue weighted by atomic mass is 16.5. The summed E-state index contributed by atoms with van der Waals surface area (Å²) < 4.78 is 0. The molecule has 0 aromatic rings. The first-order valence-corrected chi connectivity index (χ1v) is 3.37. The Bertz CT molecular complexity index is 129. The number of amides is 1. The summed E-state index contributed by atoms with van der Waals surface area (Å²) in [5.74, 6) is -0.572. The monoisotopic (exact) mass is 145 g/mol. The summed E-state index contributed by atoms with van der Waals surface area (Å²) in [4.78, 5) is 12.2. The van der Waals surface area contributed by atoms with Crippen molar-refractivity contribution in [1.82, 2.24) is 4.90 Å². The summed E-state index contributed by atoms with van der Waals surface area (Å²) in [7, 11) is 0. The fourth-order valence-electron chi connectivity index (χ4n) is 1.10. The normalized spacial score (nSPS) is 18.5. The lowest BCUT2D eigenvalue weighted by Gasteiger charge is -2.15. The molecule has 0 aliphatic carbocycles. The zero-order chi connectivity index (χ0) is 7.56.